The number of methoxy groups -OCH3 is 1. The maximum Gasteiger partial charge on any atom is 0.335 e. The lowest BCUT2D eigenvalue weighted by atomic mass is 10.1. The van der Waals surface area contributed by atoms with Gasteiger partial charge in [-0.2, -0.15) is 0 Å². The van der Waals surface area contributed by atoms with Crippen molar-refractivity contribution in [2.45, 2.75) is 25.6 Å². The van der Waals surface area contributed by atoms with Gasteiger partial charge >= 0.3 is 5.97 Å². The highest BCUT2D eigenvalue weighted by molar-refractivity contribution is 5.90. The second-order valence-electron chi connectivity index (χ2n) is 5.17. The van der Waals surface area contributed by atoms with Crippen LogP contribution in [0.4, 0.5) is 0 Å². The molecule has 1 aromatic rings. The molecule has 3 rings (SSSR count). The third-order valence-electron chi connectivity index (χ3n) is 3.97. The van der Waals surface area contributed by atoms with Crippen molar-refractivity contribution in [1.82, 2.24) is 4.90 Å². The van der Waals surface area contributed by atoms with Crippen molar-refractivity contribution < 1.29 is 14.3 Å². The van der Waals surface area contributed by atoms with Crippen LogP contribution in [-0.4, -0.2) is 37.2 Å². The average molecular weight is 273 g/mol. The van der Waals surface area contributed by atoms with Crippen LogP contribution in [0, 0.1) is 0 Å². The fourth-order valence-corrected chi connectivity index (χ4v) is 2.99. The largest absolute Gasteiger partial charge is 0.466 e. The van der Waals surface area contributed by atoms with Gasteiger partial charge in [0.25, 0.3) is 0 Å². The molecule has 0 spiro atoms. The van der Waals surface area contributed by atoms with Gasteiger partial charge in [0, 0.05) is 13.1 Å². The van der Waals surface area contributed by atoms with E-state index in [1.54, 1.807) is 0 Å². The monoisotopic (exact) mass is 273 g/mol. The Morgan fingerprint density at radius 1 is 1.30 bits per heavy atom. The van der Waals surface area contributed by atoms with Crippen LogP contribution >= 0.6 is 0 Å². The maximum absolute atomic E-state index is 11.8. The van der Waals surface area contributed by atoms with Gasteiger partial charge < -0.3 is 14.4 Å². The van der Waals surface area contributed by atoms with E-state index >= 15 is 0 Å². The molecule has 2 aliphatic heterocycles. The van der Waals surface area contributed by atoms with E-state index in [0.717, 1.165) is 42.8 Å². The lowest BCUT2D eigenvalue weighted by Crippen LogP contribution is -2.19. The predicted octanol–water partition coefficient (Wildman–Crippen LogP) is 2.11. The summed E-state index contributed by atoms with van der Waals surface area (Å²) in [4.78, 5) is 14.1. The topological polar surface area (TPSA) is 38.8 Å². The molecule has 106 valence electrons. The number of hydrogen-bond donors (Lipinski definition) is 0. The molecule has 0 radical (unpaired) electrons. The van der Waals surface area contributed by atoms with Crippen LogP contribution in [-0.2, 0) is 20.9 Å². The van der Waals surface area contributed by atoms with E-state index in [-0.39, 0.29) is 12.1 Å². The molecule has 0 bridgehead atoms. The highest BCUT2D eigenvalue weighted by Gasteiger charge is 2.37. The van der Waals surface area contributed by atoms with E-state index in [4.69, 9.17) is 9.47 Å². The minimum Gasteiger partial charge on any atom is -0.466 e. The molecular weight excluding hydrogens is 254 g/mol. The Labute approximate surface area is 119 Å². The van der Waals surface area contributed by atoms with Gasteiger partial charge in [0.2, 0.25) is 0 Å². The molecule has 1 fully saturated rings. The van der Waals surface area contributed by atoms with E-state index in [1.165, 1.54) is 7.11 Å². The summed E-state index contributed by atoms with van der Waals surface area (Å²) >= 11 is 0. The summed E-state index contributed by atoms with van der Waals surface area (Å²) < 4.78 is 10.9. The maximum atomic E-state index is 11.8. The molecule has 1 saturated heterocycles. The Bertz CT molecular complexity index is 524. The molecule has 0 amide bonds. The molecule has 0 aliphatic carbocycles. The summed E-state index contributed by atoms with van der Waals surface area (Å²) in [6.07, 6.45) is 1.74. The second kappa shape index (κ2) is 5.67. The summed E-state index contributed by atoms with van der Waals surface area (Å²) in [6.45, 7) is 2.46. The molecule has 2 aliphatic rings. The summed E-state index contributed by atoms with van der Waals surface area (Å²) in [5.41, 5.74) is 3.00. The molecule has 2 heterocycles. The van der Waals surface area contributed by atoms with Crippen molar-refractivity contribution in [1.29, 1.82) is 0 Å². The van der Waals surface area contributed by atoms with E-state index in [2.05, 4.69) is 17.0 Å². The van der Waals surface area contributed by atoms with Gasteiger partial charge in [-0.05, 0) is 18.4 Å². The number of fused-ring (bicyclic) bond motifs is 1. The lowest BCUT2D eigenvalue weighted by Gasteiger charge is -2.17. The molecule has 1 aromatic carbocycles. The van der Waals surface area contributed by atoms with Crippen molar-refractivity contribution in [3.8, 4) is 0 Å². The van der Waals surface area contributed by atoms with Crippen LogP contribution < -0.4 is 0 Å². The fraction of sp³-hybridized carbons (Fsp3) is 0.438. The van der Waals surface area contributed by atoms with Crippen molar-refractivity contribution >= 4 is 5.97 Å². The molecule has 20 heavy (non-hydrogen) atoms. The van der Waals surface area contributed by atoms with Gasteiger partial charge in [0.15, 0.2) is 0 Å². The third-order valence-corrected chi connectivity index (χ3v) is 3.97. The first kappa shape index (κ1) is 13.2. The van der Waals surface area contributed by atoms with Crippen LogP contribution in [0.25, 0.3) is 0 Å². The first-order chi connectivity index (χ1) is 9.79. The zero-order valence-electron chi connectivity index (χ0n) is 11.7. The van der Waals surface area contributed by atoms with Gasteiger partial charge in [-0.25, -0.2) is 4.79 Å². The van der Waals surface area contributed by atoms with Crippen LogP contribution in [0.2, 0.25) is 0 Å². The van der Waals surface area contributed by atoms with Crippen LogP contribution in [0.15, 0.2) is 41.6 Å². The van der Waals surface area contributed by atoms with Gasteiger partial charge in [0.1, 0.15) is 0 Å². The fourth-order valence-electron chi connectivity index (χ4n) is 2.99. The van der Waals surface area contributed by atoms with Crippen molar-refractivity contribution in [3.05, 3.63) is 47.2 Å². The lowest BCUT2D eigenvalue weighted by molar-refractivity contribution is -0.136. The molecule has 0 N–H and O–H groups in total. The Kier molecular flexibility index (Phi) is 3.74. The summed E-state index contributed by atoms with van der Waals surface area (Å²) in [6, 6.07) is 10.1. The van der Waals surface area contributed by atoms with E-state index < -0.39 is 0 Å². The van der Waals surface area contributed by atoms with E-state index in [1.807, 2.05) is 18.2 Å². The molecule has 0 aromatic heterocycles. The normalized spacial score (nSPS) is 21.2. The molecule has 1 atom stereocenters. The van der Waals surface area contributed by atoms with Crippen LogP contribution in [0.5, 0.6) is 0 Å². The minimum atomic E-state index is -0.210. The van der Waals surface area contributed by atoms with Crippen molar-refractivity contribution in [2.75, 3.05) is 20.2 Å². The number of nitrogens with zero attached hydrogens (tertiary/aromatic N) is 1. The Balaban J connectivity index is 1.72. The highest BCUT2D eigenvalue weighted by atomic mass is 16.5. The Morgan fingerprint density at radius 3 is 2.85 bits per heavy atom. The number of benzene rings is 1. The smallest absolute Gasteiger partial charge is 0.335 e. The molecule has 4 nitrogen and oxygen atoms in total. The van der Waals surface area contributed by atoms with Gasteiger partial charge in [-0.15, -0.1) is 0 Å². The van der Waals surface area contributed by atoms with Gasteiger partial charge in [-0.3, -0.25) is 0 Å². The SMILES string of the molecule is COC(=O)C1=C2C(OCc3ccccc3)CCN2CC1. The molecule has 0 saturated carbocycles. The summed E-state index contributed by atoms with van der Waals surface area (Å²) in [7, 11) is 1.44. The number of hydrogen-bond acceptors (Lipinski definition) is 4. The average Bonchev–Trinajstić information content (AvgIpc) is 3.07. The van der Waals surface area contributed by atoms with Crippen molar-refractivity contribution in [2.24, 2.45) is 0 Å². The van der Waals surface area contributed by atoms with Gasteiger partial charge in [-0.1, -0.05) is 30.3 Å². The number of ether oxygens (including phenoxy) is 2. The molecular formula is C16H19NO3. The Hall–Kier alpha value is -1.81. The summed E-state index contributed by atoms with van der Waals surface area (Å²) in [5.74, 6) is -0.210. The number of esters is 1. The van der Waals surface area contributed by atoms with E-state index in [0.29, 0.717) is 6.61 Å². The first-order valence-electron chi connectivity index (χ1n) is 7.01. The van der Waals surface area contributed by atoms with Crippen LogP contribution in [0.3, 0.4) is 0 Å². The Morgan fingerprint density at radius 2 is 2.10 bits per heavy atom. The van der Waals surface area contributed by atoms with E-state index in [9.17, 15) is 4.79 Å². The number of rotatable bonds is 4. The standard InChI is InChI=1S/C16H19NO3/c1-19-16(18)13-7-9-17-10-8-14(15(13)17)20-11-12-5-3-2-4-6-12/h2-6,14H,7-11H2,1H3. The number of carbonyl (C=O) groups is 1. The minimum absolute atomic E-state index is 0.0202. The predicted molar refractivity (Wildman–Crippen MR) is 74.9 cm³/mol. The first-order valence-corrected chi connectivity index (χ1v) is 7.01. The third kappa shape index (κ3) is 2.43. The zero-order chi connectivity index (χ0) is 13.9. The highest BCUT2D eigenvalue weighted by Crippen LogP contribution is 2.35. The number of carbonyl (C=O) groups excluding carboxylic acids is 1. The molecule has 1 unspecified atom stereocenters. The second-order valence-corrected chi connectivity index (χ2v) is 5.17. The van der Waals surface area contributed by atoms with Gasteiger partial charge in [0.05, 0.1) is 31.1 Å². The summed E-state index contributed by atoms with van der Waals surface area (Å²) in [5, 5.41) is 0. The quantitative estimate of drug-likeness (QED) is 0.788. The molecule has 4 heteroatoms. The zero-order valence-corrected chi connectivity index (χ0v) is 11.7. The van der Waals surface area contributed by atoms with Crippen LogP contribution in [0.1, 0.15) is 18.4 Å². The van der Waals surface area contributed by atoms with Crippen molar-refractivity contribution in [3.63, 3.8) is 0 Å².